The Morgan fingerprint density at radius 1 is 1.16 bits per heavy atom. The molecule has 0 saturated carbocycles. The van der Waals surface area contributed by atoms with Crippen LogP contribution in [0.5, 0.6) is 5.75 Å². The Bertz CT molecular complexity index is 750. The van der Waals surface area contributed by atoms with E-state index in [1.54, 1.807) is 24.3 Å². The molecule has 0 bridgehead atoms. The standard InChI is InChI=1S/C18H18ClFN2O3/c1-2-9-21-18(24)12-3-5-13(6-4-12)22-17(23)11-25-14-7-8-16(20)15(19)10-14/h3-8,10H,2,9,11H2,1H3,(H,21,24)(H,22,23). The molecule has 0 aromatic heterocycles. The van der Waals surface area contributed by atoms with Crippen molar-refractivity contribution < 1.29 is 18.7 Å². The van der Waals surface area contributed by atoms with Crippen molar-refractivity contribution in [1.29, 1.82) is 0 Å². The number of carbonyl (C=O) groups excluding carboxylic acids is 2. The van der Waals surface area contributed by atoms with Gasteiger partial charge in [0.05, 0.1) is 5.02 Å². The Morgan fingerprint density at radius 2 is 1.88 bits per heavy atom. The Balaban J connectivity index is 1.85. The number of halogens is 2. The fourth-order valence-electron chi connectivity index (χ4n) is 1.96. The third kappa shape index (κ3) is 5.76. The van der Waals surface area contributed by atoms with Crippen LogP contribution in [0.1, 0.15) is 23.7 Å². The van der Waals surface area contributed by atoms with Crippen molar-refractivity contribution in [2.24, 2.45) is 0 Å². The lowest BCUT2D eigenvalue weighted by Gasteiger charge is -2.09. The van der Waals surface area contributed by atoms with Gasteiger partial charge in [0, 0.05) is 23.9 Å². The van der Waals surface area contributed by atoms with Crippen LogP contribution < -0.4 is 15.4 Å². The number of nitrogens with one attached hydrogen (secondary N) is 2. The number of hydrogen-bond acceptors (Lipinski definition) is 3. The molecule has 0 heterocycles. The Labute approximate surface area is 150 Å². The molecule has 7 heteroatoms. The summed E-state index contributed by atoms with van der Waals surface area (Å²) in [5.74, 6) is -0.800. The monoisotopic (exact) mass is 364 g/mol. The summed E-state index contributed by atoms with van der Waals surface area (Å²) in [6.45, 7) is 2.34. The predicted molar refractivity (Wildman–Crippen MR) is 94.6 cm³/mol. The minimum absolute atomic E-state index is 0.0742. The SMILES string of the molecule is CCCNC(=O)c1ccc(NC(=O)COc2ccc(F)c(Cl)c2)cc1. The second-order valence-electron chi connectivity index (χ2n) is 5.25. The molecule has 0 aliphatic carbocycles. The van der Waals surface area contributed by atoms with Crippen LogP contribution >= 0.6 is 11.6 Å². The molecule has 0 aliphatic rings. The lowest BCUT2D eigenvalue weighted by Crippen LogP contribution is -2.24. The Kier molecular flexibility index (Phi) is 6.77. The molecule has 0 unspecified atom stereocenters. The number of carbonyl (C=O) groups is 2. The van der Waals surface area contributed by atoms with E-state index >= 15 is 0 Å². The fourth-order valence-corrected chi connectivity index (χ4v) is 2.13. The quantitative estimate of drug-likeness (QED) is 0.788. The zero-order chi connectivity index (χ0) is 18.2. The highest BCUT2D eigenvalue weighted by atomic mass is 35.5. The van der Waals surface area contributed by atoms with E-state index in [1.165, 1.54) is 12.1 Å². The molecule has 5 nitrogen and oxygen atoms in total. The lowest BCUT2D eigenvalue weighted by atomic mass is 10.2. The van der Waals surface area contributed by atoms with Crippen LogP contribution in [0.15, 0.2) is 42.5 Å². The van der Waals surface area contributed by atoms with Gasteiger partial charge < -0.3 is 15.4 Å². The highest BCUT2D eigenvalue weighted by Crippen LogP contribution is 2.21. The summed E-state index contributed by atoms with van der Waals surface area (Å²) < 4.78 is 18.3. The zero-order valence-corrected chi connectivity index (χ0v) is 14.4. The summed E-state index contributed by atoms with van der Waals surface area (Å²) in [6.07, 6.45) is 0.860. The summed E-state index contributed by atoms with van der Waals surface area (Å²) in [4.78, 5) is 23.7. The van der Waals surface area contributed by atoms with Crippen molar-refractivity contribution in [3.63, 3.8) is 0 Å². The average Bonchev–Trinajstić information content (AvgIpc) is 2.61. The van der Waals surface area contributed by atoms with Crippen molar-refractivity contribution in [2.45, 2.75) is 13.3 Å². The predicted octanol–water partition coefficient (Wildman–Crippen LogP) is 3.64. The lowest BCUT2D eigenvalue weighted by molar-refractivity contribution is -0.118. The molecule has 0 radical (unpaired) electrons. The Hall–Kier alpha value is -2.60. The van der Waals surface area contributed by atoms with E-state index in [0.29, 0.717) is 23.5 Å². The maximum Gasteiger partial charge on any atom is 0.262 e. The molecule has 2 rings (SSSR count). The first-order chi connectivity index (χ1) is 12.0. The normalized spacial score (nSPS) is 10.2. The van der Waals surface area contributed by atoms with Crippen LogP contribution in [0.4, 0.5) is 10.1 Å². The largest absolute Gasteiger partial charge is 0.484 e. The number of ether oxygens (including phenoxy) is 1. The molecule has 132 valence electrons. The smallest absolute Gasteiger partial charge is 0.262 e. The van der Waals surface area contributed by atoms with E-state index in [2.05, 4.69) is 10.6 Å². The minimum Gasteiger partial charge on any atom is -0.484 e. The maximum absolute atomic E-state index is 13.0. The van der Waals surface area contributed by atoms with Crippen molar-refractivity contribution >= 4 is 29.1 Å². The second-order valence-corrected chi connectivity index (χ2v) is 5.65. The van der Waals surface area contributed by atoms with Gasteiger partial charge in [-0.25, -0.2) is 4.39 Å². The molecular weight excluding hydrogens is 347 g/mol. The highest BCUT2D eigenvalue weighted by molar-refractivity contribution is 6.30. The number of anilines is 1. The van der Waals surface area contributed by atoms with Crippen molar-refractivity contribution in [2.75, 3.05) is 18.5 Å². The summed E-state index contributed by atoms with van der Waals surface area (Å²) >= 11 is 5.64. The van der Waals surface area contributed by atoms with Gasteiger partial charge in [0.15, 0.2) is 6.61 Å². The zero-order valence-electron chi connectivity index (χ0n) is 13.6. The van der Waals surface area contributed by atoms with Crippen LogP contribution in [-0.4, -0.2) is 25.0 Å². The molecule has 25 heavy (non-hydrogen) atoms. The van der Waals surface area contributed by atoms with E-state index < -0.39 is 5.82 Å². The molecule has 0 atom stereocenters. The minimum atomic E-state index is -0.554. The molecule has 2 N–H and O–H groups in total. The van der Waals surface area contributed by atoms with Gasteiger partial charge >= 0.3 is 0 Å². The summed E-state index contributed by atoms with van der Waals surface area (Å²) in [7, 11) is 0. The van der Waals surface area contributed by atoms with Gasteiger partial charge in [-0.3, -0.25) is 9.59 Å². The van der Waals surface area contributed by atoms with Gasteiger partial charge in [0.1, 0.15) is 11.6 Å². The third-order valence-electron chi connectivity index (χ3n) is 3.23. The number of benzene rings is 2. The van der Waals surface area contributed by atoms with Gasteiger partial charge in [0.2, 0.25) is 0 Å². The number of hydrogen-bond donors (Lipinski definition) is 2. The molecule has 0 saturated heterocycles. The first kappa shape index (κ1) is 18.7. The van der Waals surface area contributed by atoms with Gasteiger partial charge in [-0.15, -0.1) is 0 Å². The number of amides is 2. The van der Waals surface area contributed by atoms with Crippen LogP contribution in [-0.2, 0) is 4.79 Å². The third-order valence-corrected chi connectivity index (χ3v) is 3.52. The first-order valence-electron chi connectivity index (χ1n) is 7.75. The molecule has 2 aromatic rings. The van der Waals surface area contributed by atoms with E-state index in [4.69, 9.17) is 16.3 Å². The number of rotatable bonds is 7. The molecule has 0 spiro atoms. The Morgan fingerprint density at radius 3 is 2.52 bits per heavy atom. The van der Waals surface area contributed by atoms with Crippen LogP contribution in [0, 0.1) is 5.82 Å². The van der Waals surface area contributed by atoms with E-state index in [1.807, 2.05) is 6.92 Å². The van der Waals surface area contributed by atoms with Gasteiger partial charge in [-0.1, -0.05) is 18.5 Å². The topological polar surface area (TPSA) is 67.4 Å². The molecular formula is C18H18ClFN2O3. The maximum atomic E-state index is 13.0. The molecule has 0 aliphatic heterocycles. The highest BCUT2D eigenvalue weighted by Gasteiger charge is 2.08. The van der Waals surface area contributed by atoms with Crippen LogP contribution in [0.2, 0.25) is 5.02 Å². The first-order valence-corrected chi connectivity index (χ1v) is 8.13. The molecule has 0 fully saturated rings. The van der Waals surface area contributed by atoms with Crippen molar-refractivity contribution in [3.8, 4) is 5.75 Å². The fraction of sp³-hybridized carbons (Fsp3) is 0.222. The van der Waals surface area contributed by atoms with E-state index in [9.17, 15) is 14.0 Å². The van der Waals surface area contributed by atoms with Crippen molar-refractivity contribution in [3.05, 3.63) is 58.9 Å². The van der Waals surface area contributed by atoms with Crippen LogP contribution in [0.25, 0.3) is 0 Å². The summed E-state index contributed by atoms with van der Waals surface area (Å²) in [6, 6.07) is 10.4. The average molecular weight is 365 g/mol. The summed E-state index contributed by atoms with van der Waals surface area (Å²) in [5, 5.41) is 5.34. The van der Waals surface area contributed by atoms with Crippen molar-refractivity contribution in [1.82, 2.24) is 5.32 Å². The molecule has 2 amide bonds. The van der Waals surface area contributed by atoms with Gasteiger partial charge in [-0.05, 0) is 42.8 Å². The van der Waals surface area contributed by atoms with Crippen LogP contribution in [0.3, 0.4) is 0 Å². The van der Waals surface area contributed by atoms with E-state index in [-0.39, 0.29) is 23.4 Å². The van der Waals surface area contributed by atoms with Gasteiger partial charge in [-0.2, -0.15) is 0 Å². The second kappa shape index (κ2) is 9.03. The van der Waals surface area contributed by atoms with Gasteiger partial charge in [0.25, 0.3) is 11.8 Å². The molecule has 2 aromatic carbocycles. The summed E-state index contributed by atoms with van der Waals surface area (Å²) in [5.41, 5.74) is 1.06. The van der Waals surface area contributed by atoms with E-state index in [0.717, 1.165) is 12.5 Å².